The summed E-state index contributed by atoms with van der Waals surface area (Å²) in [5.74, 6) is 0.841. The van der Waals surface area contributed by atoms with Crippen LogP contribution in [-0.2, 0) is 5.75 Å². The average molecular weight is 330 g/mol. The van der Waals surface area contributed by atoms with Gasteiger partial charge < -0.3 is 5.11 Å². The van der Waals surface area contributed by atoms with Crippen LogP contribution in [0.4, 0.5) is 0 Å². The van der Waals surface area contributed by atoms with Crippen LogP contribution in [0.5, 0.6) is 0 Å². The SMILES string of the molecule is CC(O)c1cnc(CSc2cccc(Br)c2)s1. The molecule has 0 bridgehead atoms. The Hall–Kier alpha value is -0.360. The number of hydrogen-bond acceptors (Lipinski definition) is 4. The molecule has 1 N–H and O–H groups in total. The summed E-state index contributed by atoms with van der Waals surface area (Å²) in [4.78, 5) is 6.44. The lowest BCUT2D eigenvalue weighted by Crippen LogP contribution is -1.83. The number of aliphatic hydroxyl groups is 1. The molecule has 2 aromatic rings. The fraction of sp³-hybridized carbons (Fsp3) is 0.250. The van der Waals surface area contributed by atoms with Crippen molar-refractivity contribution < 1.29 is 5.11 Å². The fourth-order valence-corrected chi connectivity index (χ4v) is 3.65. The minimum Gasteiger partial charge on any atom is -0.388 e. The van der Waals surface area contributed by atoms with Gasteiger partial charge in [0.1, 0.15) is 5.01 Å². The van der Waals surface area contributed by atoms with Gasteiger partial charge in [-0.15, -0.1) is 23.1 Å². The van der Waals surface area contributed by atoms with Crippen LogP contribution in [0.3, 0.4) is 0 Å². The summed E-state index contributed by atoms with van der Waals surface area (Å²) in [6.07, 6.45) is 1.34. The van der Waals surface area contributed by atoms with Crippen LogP contribution in [0.2, 0.25) is 0 Å². The molecule has 0 aliphatic rings. The molecule has 90 valence electrons. The van der Waals surface area contributed by atoms with E-state index >= 15 is 0 Å². The zero-order valence-corrected chi connectivity index (χ0v) is 12.5. The number of aromatic nitrogens is 1. The normalized spacial score (nSPS) is 12.6. The van der Waals surface area contributed by atoms with Gasteiger partial charge in [-0.2, -0.15) is 0 Å². The van der Waals surface area contributed by atoms with Crippen molar-refractivity contribution in [2.45, 2.75) is 23.7 Å². The number of aliphatic hydroxyl groups excluding tert-OH is 1. The first-order chi connectivity index (χ1) is 8.15. The Morgan fingerprint density at radius 3 is 3.00 bits per heavy atom. The van der Waals surface area contributed by atoms with E-state index in [0.717, 1.165) is 20.1 Å². The van der Waals surface area contributed by atoms with Crippen LogP contribution in [0.1, 0.15) is 22.9 Å². The summed E-state index contributed by atoms with van der Waals surface area (Å²) in [5.41, 5.74) is 0. The predicted octanol–water partition coefficient (Wildman–Crippen LogP) is 4.25. The van der Waals surface area contributed by atoms with Crippen LogP contribution >= 0.6 is 39.0 Å². The molecule has 0 aliphatic heterocycles. The molecular formula is C12H12BrNOS2. The van der Waals surface area contributed by atoms with E-state index in [9.17, 15) is 5.11 Å². The molecule has 1 heterocycles. The zero-order chi connectivity index (χ0) is 12.3. The van der Waals surface area contributed by atoms with Crippen LogP contribution in [0, 0.1) is 0 Å². The molecular weight excluding hydrogens is 318 g/mol. The van der Waals surface area contributed by atoms with Crippen LogP contribution in [-0.4, -0.2) is 10.1 Å². The highest BCUT2D eigenvalue weighted by Crippen LogP contribution is 2.28. The number of benzene rings is 1. The molecule has 1 atom stereocenters. The molecule has 5 heteroatoms. The second kappa shape index (κ2) is 6.00. The highest BCUT2D eigenvalue weighted by molar-refractivity contribution is 9.10. The smallest absolute Gasteiger partial charge is 0.103 e. The van der Waals surface area contributed by atoms with Gasteiger partial charge in [0.05, 0.1) is 16.7 Å². The van der Waals surface area contributed by atoms with E-state index in [2.05, 4.69) is 33.0 Å². The molecule has 0 spiro atoms. The first-order valence-corrected chi connectivity index (χ1v) is 7.75. The standard InChI is InChI=1S/C12H12BrNOS2/c1-8(15)11-6-14-12(17-11)7-16-10-4-2-3-9(13)5-10/h2-6,8,15H,7H2,1H3. The molecule has 17 heavy (non-hydrogen) atoms. The Morgan fingerprint density at radius 2 is 2.35 bits per heavy atom. The zero-order valence-electron chi connectivity index (χ0n) is 9.26. The fourth-order valence-electron chi connectivity index (χ4n) is 1.29. The number of nitrogens with zero attached hydrogens (tertiary/aromatic N) is 1. The van der Waals surface area contributed by atoms with E-state index in [1.165, 1.54) is 4.90 Å². The molecule has 2 rings (SSSR count). The summed E-state index contributed by atoms with van der Waals surface area (Å²) in [6, 6.07) is 8.21. The van der Waals surface area contributed by atoms with E-state index in [4.69, 9.17) is 0 Å². The predicted molar refractivity (Wildman–Crippen MR) is 76.5 cm³/mol. The first kappa shape index (κ1) is 13.1. The molecule has 1 aromatic carbocycles. The number of hydrogen-bond donors (Lipinski definition) is 1. The van der Waals surface area contributed by atoms with E-state index in [1.54, 1.807) is 36.2 Å². The van der Waals surface area contributed by atoms with E-state index in [0.29, 0.717) is 0 Å². The monoisotopic (exact) mass is 329 g/mol. The summed E-state index contributed by atoms with van der Waals surface area (Å²) < 4.78 is 1.09. The quantitative estimate of drug-likeness (QED) is 0.851. The van der Waals surface area contributed by atoms with Crippen molar-refractivity contribution in [2.24, 2.45) is 0 Å². The second-order valence-corrected chi connectivity index (χ2v) is 6.69. The van der Waals surface area contributed by atoms with Crippen molar-refractivity contribution in [3.8, 4) is 0 Å². The summed E-state index contributed by atoms with van der Waals surface area (Å²) in [5, 5.41) is 10.5. The largest absolute Gasteiger partial charge is 0.388 e. The lowest BCUT2D eigenvalue weighted by atomic mass is 10.4. The van der Waals surface area contributed by atoms with Gasteiger partial charge in [-0.1, -0.05) is 22.0 Å². The van der Waals surface area contributed by atoms with Gasteiger partial charge in [0, 0.05) is 15.6 Å². The molecule has 0 aliphatic carbocycles. The molecule has 2 nitrogen and oxygen atoms in total. The summed E-state index contributed by atoms with van der Waals surface area (Å²) in [7, 11) is 0. The van der Waals surface area contributed by atoms with Crippen molar-refractivity contribution in [3.05, 3.63) is 44.8 Å². The van der Waals surface area contributed by atoms with Crippen LogP contribution in [0.25, 0.3) is 0 Å². The average Bonchev–Trinajstić information content (AvgIpc) is 2.75. The summed E-state index contributed by atoms with van der Waals surface area (Å²) in [6.45, 7) is 1.76. The Bertz CT molecular complexity index is 499. The van der Waals surface area contributed by atoms with Gasteiger partial charge in [0.25, 0.3) is 0 Å². The highest BCUT2D eigenvalue weighted by atomic mass is 79.9. The summed E-state index contributed by atoms with van der Waals surface area (Å²) >= 11 is 6.77. The Morgan fingerprint density at radius 1 is 1.53 bits per heavy atom. The third-order valence-corrected chi connectivity index (χ3v) is 4.99. The number of rotatable bonds is 4. The van der Waals surface area contributed by atoms with E-state index < -0.39 is 6.10 Å². The highest BCUT2D eigenvalue weighted by Gasteiger charge is 2.07. The van der Waals surface area contributed by atoms with Gasteiger partial charge in [-0.25, -0.2) is 4.98 Å². The molecule has 0 amide bonds. The van der Waals surface area contributed by atoms with E-state index in [-0.39, 0.29) is 0 Å². The van der Waals surface area contributed by atoms with Crippen molar-refractivity contribution in [2.75, 3.05) is 0 Å². The lowest BCUT2D eigenvalue weighted by molar-refractivity contribution is 0.203. The Balaban J connectivity index is 1.97. The number of thioether (sulfide) groups is 1. The van der Waals surface area contributed by atoms with Gasteiger partial charge in [0.2, 0.25) is 0 Å². The number of thiazole rings is 1. The molecule has 1 aromatic heterocycles. The maximum absolute atomic E-state index is 9.42. The Kier molecular flexibility index (Phi) is 4.62. The minimum atomic E-state index is -0.419. The molecule has 0 saturated heterocycles. The topological polar surface area (TPSA) is 33.1 Å². The third kappa shape index (κ3) is 3.81. The van der Waals surface area contributed by atoms with E-state index in [1.807, 2.05) is 12.1 Å². The first-order valence-electron chi connectivity index (χ1n) is 5.16. The minimum absolute atomic E-state index is 0.419. The van der Waals surface area contributed by atoms with Crippen molar-refractivity contribution in [1.82, 2.24) is 4.98 Å². The maximum atomic E-state index is 9.42. The lowest BCUT2D eigenvalue weighted by Gasteiger charge is -1.99. The van der Waals surface area contributed by atoms with Crippen LogP contribution in [0.15, 0.2) is 39.8 Å². The van der Waals surface area contributed by atoms with Crippen molar-refractivity contribution in [3.63, 3.8) is 0 Å². The second-order valence-electron chi connectivity index (χ2n) is 3.58. The van der Waals surface area contributed by atoms with Crippen LogP contribution < -0.4 is 0 Å². The molecule has 0 radical (unpaired) electrons. The van der Waals surface area contributed by atoms with Gasteiger partial charge in [-0.3, -0.25) is 0 Å². The van der Waals surface area contributed by atoms with Gasteiger partial charge in [0.15, 0.2) is 0 Å². The molecule has 0 fully saturated rings. The number of halogens is 1. The van der Waals surface area contributed by atoms with Crippen molar-refractivity contribution >= 4 is 39.0 Å². The Labute approximate surface area is 117 Å². The van der Waals surface area contributed by atoms with Gasteiger partial charge >= 0.3 is 0 Å². The maximum Gasteiger partial charge on any atom is 0.103 e. The molecule has 0 saturated carbocycles. The van der Waals surface area contributed by atoms with Crippen molar-refractivity contribution in [1.29, 1.82) is 0 Å². The molecule has 1 unspecified atom stereocenters. The van der Waals surface area contributed by atoms with Gasteiger partial charge in [-0.05, 0) is 25.1 Å². The third-order valence-electron chi connectivity index (χ3n) is 2.14.